The molecule has 0 unspecified atom stereocenters. The fraction of sp³-hybridized carbons (Fsp3) is 0.125. The molecule has 0 aliphatic carbocycles. The minimum absolute atomic E-state index is 0.236. The molecule has 0 aliphatic rings. The Balaban J connectivity index is 1.39. The van der Waals surface area contributed by atoms with Crippen molar-refractivity contribution in [3.8, 4) is 11.4 Å². The third-order valence-corrected chi connectivity index (χ3v) is 5.69. The van der Waals surface area contributed by atoms with E-state index in [-0.39, 0.29) is 18.2 Å². The van der Waals surface area contributed by atoms with Crippen molar-refractivity contribution in [1.82, 2.24) is 20.8 Å². The molecule has 3 N–H and O–H groups in total. The fourth-order valence-electron chi connectivity index (χ4n) is 3.52. The molecule has 0 saturated heterocycles. The maximum absolute atomic E-state index is 12.3. The summed E-state index contributed by atoms with van der Waals surface area (Å²) in [6.45, 7) is 0. The molecule has 0 fully saturated rings. The summed E-state index contributed by atoms with van der Waals surface area (Å²) in [7, 11) is 0. The number of hydrogen-bond acceptors (Lipinski definition) is 3. The van der Waals surface area contributed by atoms with Crippen molar-refractivity contribution in [3.05, 3.63) is 88.5 Å². The number of amides is 2. The number of nitrogens with one attached hydrogen (secondary N) is 3. The summed E-state index contributed by atoms with van der Waals surface area (Å²) in [5.41, 5.74) is 9.45. The average Bonchev–Trinajstić information content (AvgIpc) is 3.17. The minimum Gasteiger partial charge on any atom is -0.353 e. The number of fused-ring (bicyclic) bond motifs is 1. The van der Waals surface area contributed by atoms with Crippen molar-refractivity contribution in [3.63, 3.8) is 0 Å². The van der Waals surface area contributed by atoms with Gasteiger partial charge in [0.15, 0.2) is 0 Å². The lowest BCUT2D eigenvalue weighted by Crippen LogP contribution is -2.41. The molecule has 7 heteroatoms. The number of hydrogen-bond donors (Lipinski definition) is 3. The number of benzene rings is 2. The molecule has 2 heterocycles. The Morgan fingerprint density at radius 2 is 1.71 bits per heavy atom. The van der Waals surface area contributed by atoms with Crippen molar-refractivity contribution >= 4 is 38.6 Å². The van der Waals surface area contributed by atoms with E-state index in [2.05, 4.69) is 42.8 Å². The molecular formula is C24H21BrN4O2. The van der Waals surface area contributed by atoms with Crippen LogP contribution in [0.25, 0.3) is 22.3 Å². The monoisotopic (exact) mass is 476 g/mol. The molecular weight excluding hydrogens is 456 g/mol. The third-order valence-electron chi connectivity index (χ3n) is 5.00. The molecule has 0 radical (unpaired) electrons. The van der Waals surface area contributed by atoms with E-state index >= 15 is 0 Å². The second-order valence-corrected chi connectivity index (χ2v) is 7.93. The van der Waals surface area contributed by atoms with Gasteiger partial charge in [-0.2, -0.15) is 0 Å². The number of pyridine rings is 1. The quantitative estimate of drug-likeness (QED) is 0.350. The van der Waals surface area contributed by atoms with E-state index in [1.165, 1.54) is 0 Å². The highest BCUT2D eigenvalue weighted by molar-refractivity contribution is 9.10. The summed E-state index contributed by atoms with van der Waals surface area (Å²) in [6, 6.07) is 21.0. The lowest BCUT2D eigenvalue weighted by Gasteiger charge is -2.09. The molecule has 6 nitrogen and oxygen atoms in total. The summed E-state index contributed by atoms with van der Waals surface area (Å²) >= 11 is 3.33. The van der Waals surface area contributed by atoms with Crippen LogP contribution >= 0.6 is 15.9 Å². The van der Waals surface area contributed by atoms with Crippen LogP contribution in [0.2, 0.25) is 0 Å². The van der Waals surface area contributed by atoms with Gasteiger partial charge in [0, 0.05) is 28.0 Å². The van der Waals surface area contributed by atoms with E-state index in [1.54, 1.807) is 24.4 Å². The van der Waals surface area contributed by atoms with Crippen molar-refractivity contribution < 1.29 is 9.59 Å². The number of carbonyl (C=O) groups is 2. The predicted molar refractivity (Wildman–Crippen MR) is 124 cm³/mol. The van der Waals surface area contributed by atoms with Crippen molar-refractivity contribution in [1.29, 1.82) is 0 Å². The number of para-hydroxylation sites is 1. The number of aromatic amines is 1. The smallest absolute Gasteiger partial charge is 0.270 e. The zero-order valence-corrected chi connectivity index (χ0v) is 18.3. The summed E-state index contributed by atoms with van der Waals surface area (Å²) < 4.78 is 0.670. The van der Waals surface area contributed by atoms with Gasteiger partial charge in [-0.25, -0.2) is 0 Å². The van der Waals surface area contributed by atoms with Gasteiger partial charge in [-0.1, -0.05) is 36.4 Å². The Morgan fingerprint density at radius 3 is 2.52 bits per heavy atom. The molecule has 156 valence electrons. The molecule has 2 aromatic heterocycles. The molecule has 4 rings (SSSR count). The Labute approximate surface area is 188 Å². The average molecular weight is 477 g/mol. The third kappa shape index (κ3) is 4.83. The molecule has 0 atom stereocenters. The van der Waals surface area contributed by atoms with E-state index in [4.69, 9.17) is 0 Å². The van der Waals surface area contributed by atoms with Crippen LogP contribution in [0.1, 0.15) is 28.8 Å². The van der Waals surface area contributed by atoms with Gasteiger partial charge >= 0.3 is 0 Å². The first-order valence-electron chi connectivity index (χ1n) is 9.98. The molecule has 31 heavy (non-hydrogen) atoms. The summed E-state index contributed by atoms with van der Waals surface area (Å²) in [5, 5.41) is 1.13. The molecule has 0 spiro atoms. The lowest BCUT2D eigenvalue weighted by atomic mass is 10.0. The predicted octanol–water partition coefficient (Wildman–Crippen LogP) is 4.78. The van der Waals surface area contributed by atoms with Crippen LogP contribution in [-0.4, -0.2) is 21.8 Å². The maximum Gasteiger partial charge on any atom is 0.270 e. The number of rotatable bonds is 6. The number of hydrazine groups is 1. The van der Waals surface area contributed by atoms with Crippen LogP contribution < -0.4 is 10.9 Å². The lowest BCUT2D eigenvalue weighted by molar-refractivity contribution is -0.121. The van der Waals surface area contributed by atoms with E-state index in [0.717, 1.165) is 27.9 Å². The molecule has 0 aliphatic heterocycles. The zero-order valence-electron chi connectivity index (χ0n) is 16.7. The summed E-state index contributed by atoms with van der Waals surface area (Å²) in [5.74, 6) is -0.602. The molecule has 4 aromatic rings. The molecule has 0 bridgehead atoms. The van der Waals surface area contributed by atoms with E-state index < -0.39 is 0 Å². The maximum atomic E-state index is 12.3. The van der Waals surface area contributed by atoms with Crippen molar-refractivity contribution in [2.45, 2.75) is 19.3 Å². The molecule has 0 saturated carbocycles. The first-order valence-corrected chi connectivity index (χ1v) is 10.8. The number of H-pyrrole nitrogens is 1. The Bertz CT molecular complexity index is 1220. The van der Waals surface area contributed by atoms with Gasteiger partial charge in [-0.3, -0.25) is 25.4 Å². The van der Waals surface area contributed by atoms with Crippen LogP contribution in [0, 0.1) is 0 Å². The van der Waals surface area contributed by atoms with Crippen LogP contribution in [0.4, 0.5) is 0 Å². The molecule has 2 amide bonds. The number of halogens is 1. The van der Waals surface area contributed by atoms with Crippen LogP contribution in [0.5, 0.6) is 0 Å². The SMILES string of the molecule is O=C(CCCc1c(-c2ccccn2)[nH]c2ccccc12)NNC(=O)c1ccccc1Br. The standard InChI is InChI=1S/C24H21BrN4O2/c25-19-11-3-1-9-18(19)24(31)29-28-22(30)14-7-10-17-16-8-2-4-12-20(16)27-23(17)21-13-5-6-15-26-21/h1-6,8-9,11-13,15,27H,7,10,14H2,(H,28,30)(H,29,31). The van der Waals surface area contributed by atoms with Crippen LogP contribution in [0.15, 0.2) is 77.4 Å². The number of aromatic nitrogens is 2. The van der Waals surface area contributed by atoms with E-state index in [0.29, 0.717) is 22.9 Å². The largest absolute Gasteiger partial charge is 0.353 e. The fourth-order valence-corrected chi connectivity index (χ4v) is 3.98. The summed E-state index contributed by atoms with van der Waals surface area (Å²) in [6.07, 6.45) is 3.41. The van der Waals surface area contributed by atoms with Crippen molar-refractivity contribution in [2.75, 3.05) is 0 Å². The molecule has 2 aromatic carbocycles. The van der Waals surface area contributed by atoms with Gasteiger partial charge in [-0.05, 0) is 64.7 Å². The topological polar surface area (TPSA) is 86.9 Å². The van der Waals surface area contributed by atoms with Crippen molar-refractivity contribution in [2.24, 2.45) is 0 Å². The highest BCUT2D eigenvalue weighted by atomic mass is 79.9. The second-order valence-electron chi connectivity index (χ2n) is 7.07. The first-order chi connectivity index (χ1) is 15.1. The van der Waals surface area contributed by atoms with Gasteiger partial charge in [-0.15, -0.1) is 0 Å². The Kier molecular flexibility index (Phi) is 6.43. The van der Waals surface area contributed by atoms with Gasteiger partial charge in [0.1, 0.15) is 0 Å². The number of aryl methyl sites for hydroxylation is 1. The highest BCUT2D eigenvalue weighted by Crippen LogP contribution is 2.30. The summed E-state index contributed by atoms with van der Waals surface area (Å²) in [4.78, 5) is 32.4. The van der Waals surface area contributed by atoms with Gasteiger partial charge < -0.3 is 4.98 Å². The van der Waals surface area contributed by atoms with E-state index in [9.17, 15) is 9.59 Å². The van der Waals surface area contributed by atoms with Crippen LogP contribution in [-0.2, 0) is 11.2 Å². The first kappa shape index (κ1) is 20.8. The number of carbonyl (C=O) groups excluding carboxylic acids is 2. The Morgan fingerprint density at radius 1 is 0.935 bits per heavy atom. The van der Waals surface area contributed by atoms with Crippen LogP contribution in [0.3, 0.4) is 0 Å². The van der Waals surface area contributed by atoms with Gasteiger partial charge in [0.25, 0.3) is 5.91 Å². The highest BCUT2D eigenvalue weighted by Gasteiger charge is 2.15. The number of nitrogens with zero attached hydrogens (tertiary/aromatic N) is 1. The Hall–Kier alpha value is -3.45. The zero-order chi connectivity index (χ0) is 21.6. The second kappa shape index (κ2) is 9.57. The minimum atomic E-state index is -0.366. The van der Waals surface area contributed by atoms with E-state index in [1.807, 2.05) is 42.5 Å². The van der Waals surface area contributed by atoms with Gasteiger partial charge in [0.2, 0.25) is 5.91 Å². The normalized spacial score (nSPS) is 10.7. The van der Waals surface area contributed by atoms with Gasteiger partial charge in [0.05, 0.1) is 17.0 Å².